The molecule has 1 fully saturated rings. The molecule has 42 heavy (non-hydrogen) atoms. The van der Waals surface area contributed by atoms with Gasteiger partial charge in [0.15, 0.2) is 17.3 Å². The smallest absolute Gasteiger partial charge is 0.246 e. The third kappa shape index (κ3) is 4.72. The summed E-state index contributed by atoms with van der Waals surface area (Å²) in [6, 6.07) is 16.2. The number of hydrogen-bond donors (Lipinski definition) is 2. The molecule has 2 unspecified atom stereocenters. The van der Waals surface area contributed by atoms with Crippen molar-refractivity contribution in [3.8, 4) is 22.9 Å². The van der Waals surface area contributed by atoms with Gasteiger partial charge in [-0.05, 0) is 72.5 Å². The van der Waals surface area contributed by atoms with Crippen molar-refractivity contribution in [3.63, 3.8) is 0 Å². The highest BCUT2D eigenvalue weighted by Crippen LogP contribution is 2.36. The summed E-state index contributed by atoms with van der Waals surface area (Å²) >= 11 is 0. The maximum absolute atomic E-state index is 12.3. The highest BCUT2D eigenvalue weighted by Gasteiger charge is 2.29. The molecule has 3 N–H and O–H groups in total. The Morgan fingerprint density at radius 1 is 1.14 bits per heavy atom. The number of fused-ring (bicyclic) bond motifs is 2. The lowest BCUT2D eigenvalue weighted by Gasteiger charge is -2.26. The van der Waals surface area contributed by atoms with Gasteiger partial charge in [-0.15, -0.1) is 0 Å². The Balaban J connectivity index is 1.26. The van der Waals surface area contributed by atoms with Gasteiger partial charge in [0, 0.05) is 49.5 Å². The molecule has 2 aliphatic rings. The molecule has 11 heteroatoms. The largest absolute Gasteiger partial charge is 0.383 e. The summed E-state index contributed by atoms with van der Waals surface area (Å²) in [7, 11) is 0. The molecule has 1 aliphatic heterocycles. The van der Waals surface area contributed by atoms with Gasteiger partial charge >= 0.3 is 0 Å². The third-order valence-electron chi connectivity index (χ3n) is 7.96. The van der Waals surface area contributed by atoms with E-state index in [0.717, 1.165) is 29.6 Å². The van der Waals surface area contributed by atoms with E-state index in [4.69, 9.17) is 20.4 Å². The molecule has 212 valence electrons. The maximum atomic E-state index is 12.3. The van der Waals surface area contributed by atoms with Crippen LogP contribution in [0.1, 0.15) is 23.6 Å². The fourth-order valence-corrected chi connectivity index (χ4v) is 5.95. The molecule has 11 nitrogen and oxygen atoms in total. The number of aromatic nitrogens is 6. The average Bonchev–Trinajstić information content (AvgIpc) is 3.73. The predicted octanol–water partition coefficient (Wildman–Crippen LogP) is 3.24. The van der Waals surface area contributed by atoms with Crippen molar-refractivity contribution in [2.45, 2.75) is 24.9 Å². The number of ether oxygens (including phenoxy) is 1. The number of nitrogens with two attached hydrogens (primary N) is 1. The molecule has 2 atom stereocenters. The minimum atomic E-state index is -0.0642. The van der Waals surface area contributed by atoms with Crippen LogP contribution in [0.3, 0.4) is 0 Å². The van der Waals surface area contributed by atoms with Crippen LogP contribution in [-0.2, 0) is 16.0 Å². The second kappa shape index (κ2) is 10.8. The lowest BCUT2D eigenvalue weighted by atomic mass is 10.1. The molecule has 1 amide bonds. The van der Waals surface area contributed by atoms with Crippen molar-refractivity contribution < 1.29 is 9.53 Å². The molecule has 1 aliphatic carbocycles. The van der Waals surface area contributed by atoms with Crippen molar-refractivity contribution in [1.29, 1.82) is 0 Å². The molecule has 0 bridgehead atoms. The van der Waals surface area contributed by atoms with E-state index in [0.29, 0.717) is 49.4 Å². The minimum Gasteiger partial charge on any atom is -0.383 e. The first kappa shape index (κ1) is 26.1. The number of nitrogen functional groups attached to an aromatic ring is 1. The van der Waals surface area contributed by atoms with E-state index in [9.17, 15) is 4.79 Å². The lowest BCUT2D eigenvalue weighted by molar-refractivity contribution is -0.126. The van der Waals surface area contributed by atoms with Gasteiger partial charge in [-0.3, -0.25) is 9.36 Å². The first-order valence-corrected chi connectivity index (χ1v) is 14.1. The van der Waals surface area contributed by atoms with Crippen LogP contribution in [0.25, 0.3) is 34.1 Å². The third-order valence-corrected chi connectivity index (χ3v) is 7.96. The number of imidazole rings is 1. The normalized spacial score (nSPS) is 18.6. The number of carbonyl (C=O) groups excluding carboxylic acids is 1. The second-order valence-corrected chi connectivity index (χ2v) is 10.6. The van der Waals surface area contributed by atoms with Crippen LogP contribution < -0.4 is 11.1 Å². The number of benzene rings is 1. The number of amides is 1. The summed E-state index contributed by atoms with van der Waals surface area (Å²) in [5, 5.41) is 8.11. The van der Waals surface area contributed by atoms with E-state index in [1.165, 1.54) is 17.2 Å². The summed E-state index contributed by atoms with van der Waals surface area (Å²) in [5.41, 5.74) is 12.0. The van der Waals surface area contributed by atoms with Crippen LogP contribution >= 0.6 is 0 Å². The quantitative estimate of drug-likeness (QED) is 0.303. The Labute approximate surface area is 242 Å². The van der Waals surface area contributed by atoms with Crippen molar-refractivity contribution in [3.05, 3.63) is 90.9 Å². The minimum absolute atomic E-state index is 0.0368. The van der Waals surface area contributed by atoms with Crippen molar-refractivity contribution in [1.82, 2.24) is 39.5 Å². The zero-order valence-electron chi connectivity index (χ0n) is 23.1. The van der Waals surface area contributed by atoms with Gasteiger partial charge in [0.1, 0.15) is 11.3 Å². The Kier molecular flexibility index (Phi) is 6.73. The second-order valence-electron chi connectivity index (χ2n) is 10.6. The van der Waals surface area contributed by atoms with E-state index in [1.54, 1.807) is 22.0 Å². The molecule has 0 saturated carbocycles. The number of aryl methyl sites for hydroxylation is 1. The summed E-state index contributed by atoms with van der Waals surface area (Å²) in [4.78, 5) is 28.3. The first-order chi connectivity index (χ1) is 20.6. The molecular formula is C31H31N9O2. The highest BCUT2D eigenvalue weighted by atomic mass is 16.5. The van der Waals surface area contributed by atoms with E-state index in [2.05, 4.69) is 44.7 Å². The molecule has 5 aromatic rings. The summed E-state index contributed by atoms with van der Waals surface area (Å²) < 4.78 is 9.59. The number of nitrogens with zero attached hydrogens (tertiary/aromatic N) is 7. The van der Waals surface area contributed by atoms with E-state index < -0.39 is 0 Å². The van der Waals surface area contributed by atoms with Crippen molar-refractivity contribution in [2.24, 2.45) is 0 Å². The zero-order valence-corrected chi connectivity index (χ0v) is 23.1. The SMILES string of the molecule is C=CC(=O)N1CCOCC(NC2CCc3cc(-n4c(-c5cccnc5N)nc5ccc(-n6cccn6)nc54)ccc32)C1. The molecule has 0 spiro atoms. The number of rotatable bonds is 6. The standard InChI is InChI=1S/C31H31N9O2/c1-2-28(41)38-15-16-42-19-21(18-38)35-25-9-6-20-17-22(7-8-23(20)25)40-30(24-5-3-12-33-29(24)32)36-26-10-11-27(37-31(26)40)39-14-4-13-34-39/h2-5,7-8,10-14,17,21,25,35H,1,6,9,15-16,18-19H2,(H2,32,33). The monoisotopic (exact) mass is 561 g/mol. The van der Waals surface area contributed by atoms with Gasteiger partial charge in [-0.1, -0.05) is 12.6 Å². The Bertz CT molecular complexity index is 1780. The number of pyridine rings is 2. The summed E-state index contributed by atoms with van der Waals surface area (Å²) in [6.07, 6.45) is 8.52. The van der Waals surface area contributed by atoms with Gasteiger partial charge < -0.3 is 20.7 Å². The van der Waals surface area contributed by atoms with Gasteiger partial charge in [0.2, 0.25) is 5.91 Å². The Morgan fingerprint density at radius 2 is 2.07 bits per heavy atom. The van der Waals surface area contributed by atoms with Gasteiger partial charge in [0.05, 0.1) is 18.8 Å². The van der Waals surface area contributed by atoms with Crippen LogP contribution in [0.5, 0.6) is 0 Å². The molecule has 1 saturated heterocycles. The molecular weight excluding hydrogens is 530 g/mol. The van der Waals surface area contributed by atoms with Gasteiger partial charge in [-0.25, -0.2) is 19.6 Å². The van der Waals surface area contributed by atoms with Crippen LogP contribution in [0.4, 0.5) is 5.82 Å². The van der Waals surface area contributed by atoms with Gasteiger partial charge in [-0.2, -0.15) is 5.10 Å². The number of anilines is 1. The molecule has 5 heterocycles. The fraction of sp³-hybridized carbons (Fsp3) is 0.258. The number of nitrogens with one attached hydrogen (secondary N) is 1. The topological polar surface area (TPSA) is 129 Å². The van der Waals surface area contributed by atoms with Crippen molar-refractivity contribution >= 4 is 22.9 Å². The highest BCUT2D eigenvalue weighted by molar-refractivity contribution is 5.87. The van der Waals surface area contributed by atoms with Crippen molar-refractivity contribution in [2.75, 3.05) is 32.0 Å². The van der Waals surface area contributed by atoms with E-state index >= 15 is 0 Å². The molecule has 7 rings (SSSR count). The van der Waals surface area contributed by atoms with E-state index in [1.807, 2.05) is 36.5 Å². The maximum Gasteiger partial charge on any atom is 0.246 e. The number of hydrogen-bond acceptors (Lipinski definition) is 8. The Hall–Kier alpha value is -4.87. The molecule has 0 radical (unpaired) electrons. The van der Waals surface area contributed by atoms with Gasteiger partial charge in [0.25, 0.3) is 0 Å². The Morgan fingerprint density at radius 3 is 2.90 bits per heavy atom. The number of carbonyl (C=O) groups is 1. The zero-order chi connectivity index (χ0) is 28.6. The molecule has 4 aromatic heterocycles. The van der Waals surface area contributed by atoms with Crippen LogP contribution in [0, 0.1) is 0 Å². The average molecular weight is 562 g/mol. The lowest BCUT2D eigenvalue weighted by Crippen LogP contribution is -2.44. The van der Waals surface area contributed by atoms with E-state index in [-0.39, 0.29) is 18.0 Å². The summed E-state index contributed by atoms with van der Waals surface area (Å²) in [5.74, 6) is 1.71. The summed E-state index contributed by atoms with van der Waals surface area (Å²) in [6.45, 7) is 5.90. The predicted molar refractivity (Wildman–Crippen MR) is 159 cm³/mol. The first-order valence-electron chi connectivity index (χ1n) is 14.1. The molecule has 1 aromatic carbocycles. The van der Waals surface area contributed by atoms with Crippen LogP contribution in [0.15, 0.2) is 79.8 Å². The fourth-order valence-electron chi connectivity index (χ4n) is 5.95. The van der Waals surface area contributed by atoms with Crippen LogP contribution in [0.2, 0.25) is 0 Å². The van der Waals surface area contributed by atoms with Crippen LogP contribution in [-0.4, -0.2) is 72.5 Å².